The van der Waals surface area contributed by atoms with Gasteiger partial charge in [0, 0.05) is 7.11 Å². The molecule has 0 unspecified atom stereocenters. The molecule has 0 saturated heterocycles. The highest BCUT2D eigenvalue weighted by atomic mass is 127. The first-order valence-electron chi connectivity index (χ1n) is 3.62. The normalized spacial score (nSPS) is 9.92. The maximum absolute atomic E-state index is 5.39. The van der Waals surface area contributed by atoms with E-state index in [2.05, 4.69) is 22.6 Å². The molecular weight excluding hydrogens is 267 g/mol. The van der Waals surface area contributed by atoms with Crippen LogP contribution in [0, 0.1) is 10.5 Å². The molecule has 0 aliphatic rings. The Morgan fingerprint density at radius 3 is 2.75 bits per heavy atom. The number of ether oxygens (including phenoxy) is 2. The van der Waals surface area contributed by atoms with E-state index in [9.17, 15) is 0 Å². The van der Waals surface area contributed by atoms with E-state index < -0.39 is 0 Å². The average Bonchev–Trinajstić information content (AvgIpc) is 2.04. The third-order valence-electron chi connectivity index (χ3n) is 1.48. The number of hydrogen-bond acceptors (Lipinski definition) is 2. The zero-order valence-corrected chi connectivity index (χ0v) is 9.29. The quantitative estimate of drug-likeness (QED) is 0.625. The fourth-order valence-corrected chi connectivity index (χ4v) is 1.71. The van der Waals surface area contributed by atoms with Crippen LogP contribution in [0.1, 0.15) is 5.56 Å². The van der Waals surface area contributed by atoms with Gasteiger partial charge >= 0.3 is 0 Å². The van der Waals surface area contributed by atoms with Crippen molar-refractivity contribution in [2.24, 2.45) is 0 Å². The number of benzene rings is 1. The first kappa shape index (κ1) is 9.80. The molecule has 0 atom stereocenters. The third-order valence-corrected chi connectivity index (χ3v) is 2.33. The molecule has 0 N–H and O–H groups in total. The van der Waals surface area contributed by atoms with Crippen molar-refractivity contribution >= 4 is 22.6 Å². The average molecular weight is 278 g/mol. The topological polar surface area (TPSA) is 18.5 Å². The van der Waals surface area contributed by atoms with Gasteiger partial charge in [0.2, 0.25) is 0 Å². The number of para-hydroxylation sites is 1. The largest absolute Gasteiger partial charge is 0.466 e. The van der Waals surface area contributed by atoms with Gasteiger partial charge in [0.1, 0.15) is 5.75 Å². The van der Waals surface area contributed by atoms with E-state index in [0.717, 1.165) is 14.9 Å². The molecule has 0 saturated carbocycles. The Kier molecular flexibility index (Phi) is 3.81. The number of methoxy groups -OCH3 is 1. The van der Waals surface area contributed by atoms with Gasteiger partial charge < -0.3 is 9.47 Å². The van der Waals surface area contributed by atoms with E-state index in [1.54, 1.807) is 7.11 Å². The molecule has 0 radical (unpaired) electrons. The lowest BCUT2D eigenvalue weighted by Gasteiger charge is -2.09. The highest BCUT2D eigenvalue weighted by Gasteiger charge is 2.02. The molecule has 0 fully saturated rings. The molecule has 1 aromatic carbocycles. The molecule has 1 rings (SSSR count). The van der Waals surface area contributed by atoms with Crippen molar-refractivity contribution in [3.8, 4) is 5.75 Å². The van der Waals surface area contributed by atoms with Gasteiger partial charge in [0.25, 0.3) is 0 Å². The van der Waals surface area contributed by atoms with Gasteiger partial charge in [0.05, 0.1) is 3.57 Å². The van der Waals surface area contributed by atoms with E-state index in [1.807, 2.05) is 25.1 Å². The van der Waals surface area contributed by atoms with Crippen LogP contribution < -0.4 is 4.74 Å². The zero-order valence-electron chi connectivity index (χ0n) is 7.13. The summed E-state index contributed by atoms with van der Waals surface area (Å²) in [6.07, 6.45) is 0. The maximum atomic E-state index is 5.39. The van der Waals surface area contributed by atoms with Crippen molar-refractivity contribution in [3.63, 3.8) is 0 Å². The van der Waals surface area contributed by atoms with E-state index >= 15 is 0 Å². The number of halogens is 1. The Labute approximate surface area is 86.0 Å². The van der Waals surface area contributed by atoms with Crippen LogP contribution in [-0.4, -0.2) is 13.9 Å². The van der Waals surface area contributed by atoms with Gasteiger partial charge in [-0.3, -0.25) is 0 Å². The summed E-state index contributed by atoms with van der Waals surface area (Å²) in [6.45, 7) is 2.33. The van der Waals surface area contributed by atoms with Crippen LogP contribution in [0.15, 0.2) is 18.2 Å². The Balaban J connectivity index is 2.81. The van der Waals surface area contributed by atoms with Crippen molar-refractivity contribution in [1.29, 1.82) is 0 Å². The van der Waals surface area contributed by atoms with Crippen LogP contribution in [-0.2, 0) is 4.74 Å². The smallest absolute Gasteiger partial charge is 0.188 e. The molecule has 2 nitrogen and oxygen atoms in total. The van der Waals surface area contributed by atoms with Crippen LogP contribution in [0.5, 0.6) is 5.75 Å². The van der Waals surface area contributed by atoms with Crippen molar-refractivity contribution in [3.05, 3.63) is 27.3 Å². The maximum Gasteiger partial charge on any atom is 0.188 e. The summed E-state index contributed by atoms with van der Waals surface area (Å²) in [7, 11) is 1.62. The van der Waals surface area contributed by atoms with E-state index in [1.165, 1.54) is 0 Å². The van der Waals surface area contributed by atoms with Crippen LogP contribution in [0.2, 0.25) is 0 Å². The second-order valence-corrected chi connectivity index (χ2v) is 3.60. The molecule has 12 heavy (non-hydrogen) atoms. The first-order valence-corrected chi connectivity index (χ1v) is 4.70. The summed E-state index contributed by atoms with van der Waals surface area (Å²) in [5, 5.41) is 0. The summed E-state index contributed by atoms with van der Waals surface area (Å²) in [5.74, 6) is 0.917. The number of aryl methyl sites for hydroxylation is 1. The third kappa shape index (κ3) is 2.35. The molecular formula is C9H11IO2. The lowest BCUT2D eigenvalue weighted by Crippen LogP contribution is -2.01. The standard InChI is InChI=1S/C9H11IO2/c1-7-4-3-5-8(10)9(7)12-6-11-2/h3-5H,6H2,1-2H3. The van der Waals surface area contributed by atoms with Crippen molar-refractivity contribution in [1.82, 2.24) is 0 Å². The van der Waals surface area contributed by atoms with Gasteiger partial charge in [-0.25, -0.2) is 0 Å². The number of rotatable bonds is 3. The lowest BCUT2D eigenvalue weighted by atomic mass is 10.2. The molecule has 1 aromatic rings. The molecule has 0 bridgehead atoms. The summed E-state index contributed by atoms with van der Waals surface area (Å²) in [4.78, 5) is 0. The number of hydrogen-bond donors (Lipinski definition) is 0. The second-order valence-electron chi connectivity index (χ2n) is 2.44. The predicted molar refractivity (Wildman–Crippen MR) is 56.4 cm³/mol. The molecule has 0 amide bonds. The Hall–Kier alpha value is -0.290. The molecule has 0 heterocycles. The van der Waals surface area contributed by atoms with E-state index in [-0.39, 0.29) is 0 Å². The predicted octanol–water partition coefficient (Wildman–Crippen LogP) is 2.58. The van der Waals surface area contributed by atoms with Crippen LogP contribution >= 0.6 is 22.6 Å². The van der Waals surface area contributed by atoms with Gasteiger partial charge in [0.15, 0.2) is 6.79 Å². The molecule has 0 aliphatic heterocycles. The minimum atomic E-state index is 0.306. The van der Waals surface area contributed by atoms with Crippen molar-refractivity contribution in [2.75, 3.05) is 13.9 Å². The monoisotopic (exact) mass is 278 g/mol. The van der Waals surface area contributed by atoms with Crippen molar-refractivity contribution < 1.29 is 9.47 Å². The van der Waals surface area contributed by atoms with Crippen LogP contribution in [0.4, 0.5) is 0 Å². The Morgan fingerprint density at radius 1 is 1.42 bits per heavy atom. The summed E-state index contributed by atoms with van der Waals surface area (Å²) in [6, 6.07) is 6.04. The second kappa shape index (κ2) is 4.67. The van der Waals surface area contributed by atoms with Crippen LogP contribution in [0.3, 0.4) is 0 Å². The molecule has 3 heteroatoms. The van der Waals surface area contributed by atoms with Gasteiger partial charge in [-0.2, -0.15) is 0 Å². The molecule has 66 valence electrons. The van der Waals surface area contributed by atoms with Gasteiger partial charge in [-0.05, 0) is 41.1 Å². The Bertz CT molecular complexity index is 240. The summed E-state index contributed by atoms with van der Waals surface area (Å²) in [5.41, 5.74) is 1.14. The van der Waals surface area contributed by atoms with Gasteiger partial charge in [-0.15, -0.1) is 0 Å². The highest BCUT2D eigenvalue weighted by molar-refractivity contribution is 14.1. The fourth-order valence-electron chi connectivity index (χ4n) is 0.917. The van der Waals surface area contributed by atoms with Gasteiger partial charge in [-0.1, -0.05) is 12.1 Å². The Morgan fingerprint density at radius 2 is 2.17 bits per heavy atom. The lowest BCUT2D eigenvalue weighted by molar-refractivity contribution is 0.0500. The summed E-state index contributed by atoms with van der Waals surface area (Å²) >= 11 is 2.25. The molecule has 0 aromatic heterocycles. The minimum absolute atomic E-state index is 0.306. The van der Waals surface area contributed by atoms with Crippen molar-refractivity contribution in [2.45, 2.75) is 6.92 Å². The minimum Gasteiger partial charge on any atom is -0.466 e. The summed E-state index contributed by atoms with van der Waals surface area (Å²) < 4.78 is 11.3. The van der Waals surface area contributed by atoms with E-state index in [0.29, 0.717) is 6.79 Å². The van der Waals surface area contributed by atoms with E-state index in [4.69, 9.17) is 9.47 Å². The molecule has 0 spiro atoms. The SMILES string of the molecule is COCOc1c(C)cccc1I. The van der Waals surface area contributed by atoms with Crippen LogP contribution in [0.25, 0.3) is 0 Å². The molecule has 0 aliphatic carbocycles. The highest BCUT2D eigenvalue weighted by Crippen LogP contribution is 2.24. The fraction of sp³-hybridized carbons (Fsp3) is 0.333. The zero-order chi connectivity index (χ0) is 8.97. The first-order chi connectivity index (χ1) is 5.75.